The highest BCUT2D eigenvalue weighted by atomic mass is 19.5. The molecule has 6 nitrogen and oxygen atoms in total. The number of nitrogen functional groups attached to an aromatic ring is 1. The minimum atomic E-state index is -6.00. The molecule has 0 radical (unpaired) electrons. The maximum atomic E-state index is 12.4. The molecule has 0 spiro atoms. The summed E-state index contributed by atoms with van der Waals surface area (Å²) in [6.07, 6.45) is 6.73. The zero-order valence-corrected chi connectivity index (χ0v) is 21.5. The fraction of sp³-hybridized carbons (Fsp3) is 0.214. The van der Waals surface area contributed by atoms with E-state index in [-0.39, 0.29) is 11.9 Å². The second kappa shape index (κ2) is 14.0. The number of anilines is 2. The van der Waals surface area contributed by atoms with Gasteiger partial charge >= 0.3 is 13.2 Å². The highest BCUT2D eigenvalue weighted by Gasteiger charge is 2.20. The van der Waals surface area contributed by atoms with Crippen molar-refractivity contribution in [3.63, 3.8) is 0 Å². The van der Waals surface area contributed by atoms with Crippen molar-refractivity contribution in [2.24, 2.45) is 7.05 Å². The molecule has 0 fully saturated rings. The summed E-state index contributed by atoms with van der Waals surface area (Å²) in [6, 6.07) is 26.3. The largest absolute Gasteiger partial charge is 0.673 e. The van der Waals surface area contributed by atoms with E-state index in [0.717, 1.165) is 18.7 Å². The summed E-state index contributed by atoms with van der Waals surface area (Å²) in [5.74, 6) is -0.0872. The monoisotopic (exact) mass is 542 g/mol. The number of carbonyl (C=O) groups excluding carboxylic acids is 1. The highest BCUT2D eigenvalue weighted by Crippen LogP contribution is 2.28. The quantitative estimate of drug-likeness (QED) is 0.0889. The molecule has 0 saturated heterocycles. The van der Waals surface area contributed by atoms with Crippen LogP contribution >= 0.6 is 0 Å². The van der Waals surface area contributed by atoms with E-state index in [1.54, 1.807) is 12.1 Å². The van der Waals surface area contributed by atoms with Crippen molar-refractivity contribution in [2.75, 3.05) is 24.2 Å². The summed E-state index contributed by atoms with van der Waals surface area (Å²) in [4.78, 5) is 12.4. The normalized spacial score (nSPS) is 11.0. The zero-order chi connectivity index (χ0) is 28.3. The Morgan fingerprint density at radius 1 is 1.00 bits per heavy atom. The number of nitrogens with two attached hydrogens (primary N) is 1. The lowest BCUT2D eigenvalue weighted by Crippen LogP contribution is -2.24. The molecule has 11 heteroatoms. The number of aryl methyl sites for hydroxylation is 1. The Hall–Kier alpha value is -4.28. The summed E-state index contributed by atoms with van der Waals surface area (Å²) >= 11 is 0. The molecule has 3 aromatic carbocycles. The van der Waals surface area contributed by atoms with Gasteiger partial charge in [0.1, 0.15) is 25.5 Å². The molecule has 206 valence electrons. The Labute approximate surface area is 225 Å². The number of nitrogens with zero attached hydrogens (tertiary/aromatic N) is 2. The van der Waals surface area contributed by atoms with Crippen LogP contribution in [0.5, 0.6) is 0 Å². The molecule has 0 bridgehead atoms. The number of rotatable bonds is 10. The first-order valence-corrected chi connectivity index (χ1v) is 12.4. The molecule has 0 amide bonds. The minimum Gasteiger partial charge on any atom is -0.458 e. The van der Waals surface area contributed by atoms with Gasteiger partial charge in [0.25, 0.3) is 0 Å². The van der Waals surface area contributed by atoms with Crippen LogP contribution in [0.15, 0.2) is 97.6 Å². The number of hydrogen-bond donors (Lipinski definition) is 2. The molecular weight excluding hydrogens is 511 g/mol. The third-order valence-corrected chi connectivity index (χ3v) is 5.85. The van der Waals surface area contributed by atoms with Crippen LogP contribution in [0, 0.1) is 0 Å². The Bertz CT molecular complexity index is 1270. The molecule has 0 atom stereocenters. The van der Waals surface area contributed by atoms with Crippen LogP contribution < -0.4 is 15.6 Å². The van der Waals surface area contributed by atoms with Crippen LogP contribution in [0.2, 0.25) is 0 Å². The summed E-state index contributed by atoms with van der Waals surface area (Å²) in [7, 11) is -4.05. The lowest BCUT2D eigenvalue weighted by Gasteiger charge is -2.19. The van der Waals surface area contributed by atoms with Gasteiger partial charge in [0.15, 0.2) is 0 Å². The fourth-order valence-electron chi connectivity index (χ4n) is 4.06. The van der Waals surface area contributed by atoms with Crippen LogP contribution in [0.25, 0.3) is 0 Å². The zero-order valence-electron chi connectivity index (χ0n) is 21.5. The van der Waals surface area contributed by atoms with Crippen molar-refractivity contribution < 1.29 is 31.4 Å². The third kappa shape index (κ3) is 10.2. The first kappa shape index (κ1) is 29.3. The van der Waals surface area contributed by atoms with Crippen LogP contribution in [-0.2, 0) is 18.3 Å². The number of hydrogen-bond acceptors (Lipinski definition) is 4. The maximum absolute atomic E-state index is 12.4. The van der Waals surface area contributed by atoms with E-state index >= 15 is 0 Å². The van der Waals surface area contributed by atoms with Crippen molar-refractivity contribution in [1.82, 2.24) is 4.57 Å². The minimum absolute atomic E-state index is 0.285. The molecule has 0 saturated carbocycles. The average molecular weight is 542 g/mol. The van der Waals surface area contributed by atoms with E-state index in [1.807, 2.05) is 53.1 Å². The van der Waals surface area contributed by atoms with E-state index in [2.05, 4.69) is 53.8 Å². The van der Waals surface area contributed by atoms with E-state index in [1.165, 1.54) is 11.1 Å². The van der Waals surface area contributed by atoms with E-state index < -0.39 is 7.25 Å². The average Bonchev–Trinajstić information content (AvgIpc) is 3.32. The molecule has 0 aliphatic rings. The lowest BCUT2D eigenvalue weighted by molar-refractivity contribution is -0.671. The number of aromatic nitrogens is 2. The molecule has 1 aromatic heterocycles. The summed E-state index contributed by atoms with van der Waals surface area (Å²) in [6.45, 7) is 1.65. The lowest BCUT2D eigenvalue weighted by atomic mass is 9.88. The van der Waals surface area contributed by atoms with Gasteiger partial charge in [-0.15, -0.1) is 0 Å². The van der Waals surface area contributed by atoms with Gasteiger partial charge in [0.05, 0.1) is 24.0 Å². The van der Waals surface area contributed by atoms with Crippen LogP contribution in [0.1, 0.15) is 33.8 Å². The fourth-order valence-corrected chi connectivity index (χ4v) is 4.06. The van der Waals surface area contributed by atoms with Gasteiger partial charge in [0, 0.05) is 12.5 Å². The number of esters is 1. The van der Waals surface area contributed by atoms with Crippen molar-refractivity contribution >= 4 is 24.6 Å². The Morgan fingerprint density at radius 2 is 1.59 bits per heavy atom. The highest BCUT2D eigenvalue weighted by molar-refractivity contribution is 6.50. The Kier molecular flexibility index (Phi) is 10.5. The number of ether oxygens (including phenoxy) is 1. The van der Waals surface area contributed by atoms with Crippen molar-refractivity contribution in [2.45, 2.75) is 18.9 Å². The molecule has 0 unspecified atom stereocenters. The van der Waals surface area contributed by atoms with E-state index in [4.69, 9.17) is 10.5 Å². The van der Waals surface area contributed by atoms with Gasteiger partial charge in [-0.2, -0.15) is 0 Å². The van der Waals surface area contributed by atoms with Gasteiger partial charge in [-0.1, -0.05) is 60.7 Å². The van der Waals surface area contributed by atoms with Crippen LogP contribution in [0.3, 0.4) is 0 Å². The molecule has 39 heavy (non-hydrogen) atoms. The van der Waals surface area contributed by atoms with Crippen molar-refractivity contribution in [3.05, 3.63) is 114 Å². The Morgan fingerprint density at radius 3 is 2.10 bits per heavy atom. The van der Waals surface area contributed by atoms with Gasteiger partial charge in [0.2, 0.25) is 6.33 Å². The summed E-state index contributed by atoms with van der Waals surface area (Å²) in [5, 5.41) is 3.43. The molecule has 0 aliphatic heterocycles. The number of halogens is 4. The molecule has 1 heterocycles. The maximum Gasteiger partial charge on any atom is 0.673 e. The predicted octanol–water partition coefficient (Wildman–Crippen LogP) is 5.69. The second-order valence-electron chi connectivity index (χ2n) is 8.84. The Balaban J connectivity index is 0.000000771. The van der Waals surface area contributed by atoms with Gasteiger partial charge < -0.3 is 33.0 Å². The molecule has 3 N–H and O–H groups in total. The number of imidazole rings is 1. The number of carbonyl (C=O) groups is 1. The SMILES string of the molecule is C[n+]1ccn(CCOC(=O)c2ccc(NCCC(c3ccccc3)c3ccccc3)c(N)c2)c1.F[B-](F)(F)F. The molecular formula is C28H31BF4N4O2. The first-order chi connectivity index (χ1) is 18.6. The van der Waals surface area contributed by atoms with Crippen LogP contribution in [-0.4, -0.2) is 30.9 Å². The van der Waals surface area contributed by atoms with E-state index in [0.29, 0.717) is 24.4 Å². The first-order valence-electron chi connectivity index (χ1n) is 12.4. The topological polar surface area (TPSA) is 73.2 Å². The second-order valence-corrected chi connectivity index (χ2v) is 8.84. The van der Waals surface area contributed by atoms with Gasteiger partial charge in [-0.05, 0) is 35.7 Å². The standard InChI is InChI=1S/C28H30N4O2.BF4/c1-31-16-17-32(21-31)18-19-34-28(33)24-12-13-27(26(29)20-24)30-15-14-25(22-8-4-2-5-9-22)23-10-6-3-7-11-23;2-1(3,4)5/h2-13,16-17,20-21,25H,14-15,18-19,29H2,1H3;/q;-1/p+1. The van der Waals surface area contributed by atoms with Gasteiger partial charge in [-0.25, -0.2) is 13.9 Å². The van der Waals surface area contributed by atoms with Crippen LogP contribution in [0.4, 0.5) is 28.6 Å². The smallest absolute Gasteiger partial charge is 0.458 e. The summed E-state index contributed by atoms with van der Waals surface area (Å²) in [5.41, 5.74) is 10.6. The number of benzene rings is 3. The molecule has 4 rings (SSSR count). The van der Waals surface area contributed by atoms with Crippen molar-refractivity contribution in [1.29, 1.82) is 0 Å². The molecule has 0 aliphatic carbocycles. The van der Waals surface area contributed by atoms with E-state index in [9.17, 15) is 22.1 Å². The molecule has 4 aromatic rings. The third-order valence-electron chi connectivity index (χ3n) is 5.85. The predicted molar refractivity (Wildman–Crippen MR) is 145 cm³/mol. The van der Waals surface area contributed by atoms with Gasteiger partial charge in [-0.3, -0.25) is 0 Å². The summed E-state index contributed by atoms with van der Waals surface area (Å²) < 4.78 is 48.3. The van der Waals surface area contributed by atoms with Crippen molar-refractivity contribution in [3.8, 4) is 0 Å². The number of nitrogens with one attached hydrogen (secondary N) is 1.